The van der Waals surface area contributed by atoms with Crippen LogP contribution in [0, 0.1) is 0 Å². The van der Waals surface area contributed by atoms with Gasteiger partial charge in [0.05, 0.1) is 0 Å². The molecule has 3 aromatic rings. The van der Waals surface area contributed by atoms with Gasteiger partial charge in [-0.1, -0.05) is 50.2 Å². The Morgan fingerprint density at radius 3 is 2.62 bits per heavy atom. The van der Waals surface area contributed by atoms with Gasteiger partial charge in [-0.15, -0.1) is 0 Å². The van der Waals surface area contributed by atoms with Crippen molar-refractivity contribution in [1.29, 1.82) is 0 Å². The lowest BCUT2D eigenvalue weighted by Gasteiger charge is -2.15. The zero-order chi connectivity index (χ0) is 18.5. The van der Waals surface area contributed by atoms with Gasteiger partial charge in [0, 0.05) is 11.1 Å². The normalized spacial score (nSPS) is 11.9. The van der Waals surface area contributed by atoms with Crippen molar-refractivity contribution >= 4 is 28.5 Å². The van der Waals surface area contributed by atoms with Gasteiger partial charge in [0.25, 0.3) is 5.91 Å². The Morgan fingerprint density at radius 1 is 1.12 bits per heavy atom. The van der Waals surface area contributed by atoms with E-state index in [2.05, 4.69) is 19.2 Å². The van der Waals surface area contributed by atoms with Crippen LogP contribution in [0.25, 0.3) is 11.0 Å². The number of amides is 1. The Bertz CT molecular complexity index is 895. The number of ether oxygens (including phenoxy) is 1. The molecule has 0 aliphatic heterocycles. The number of anilines is 1. The van der Waals surface area contributed by atoms with Crippen molar-refractivity contribution in [3.05, 3.63) is 65.9 Å². The predicted molar refractivity (Wildman–Crippen MR) is 100 cm³/mol. The second-order valence-electron chi connectivity index (χ2n) is 6.17. The summed E-state index contributed by atoms with van der Waals surface area (Å²) in [6.07, 6.45) is 0.966. The molecule has 1 amide bonds. The minimum Gasteiger partial charge on any atom is -0.450 e. The van der Waals surface area contributed by atoms with Gasteiger partial charge >= 0.3 is 5.97 Å². The Hall–Kier alpha value is -3.08. The summed E-state index contributed by atoms with van der Waals surface area (Å²) in [5, 5.41) is 3.62. The zero-order valence-electron chi connectivity index (χ0n) is 14.8. The van der Waals surface area contributed by atoms with E-state index in [1.807, 2.05) is 42.5 Å². The van der Waals surface area contributed by atoms with Crippen LogP contribution in [0.1, 0.15) is 42.3 Å². The van der Waals surface area contributed by atoms with Crippen molar-refractivity contribution in [1.82, 2.24) is 0 Å². The van der Waals surface area contributed by atoms with Crippen molar-refractivity contribution in [2.75, 3.05) is 11.9 Å². The summed E-state index contributed by atoms with van der Waals surface area (Å²) in [5.74, 6) is -0.639. The fourth-order valence-corrected chi connectivity index (χ4v) is 2.73. The fraction of sp³-hybridized carbons (Fsp3) is 0.238. The molecule has 0 saturated heterocycles. The quantitative estimate of drug-likeness (QED) is 0.651. The standard InChI is InChI=1S/C21H21NO4/c1-3-14(2)16-9-5-6-10-17(16)22-20(23)13-25-21(24)19-12-15-8-4-7-11-18(15)26-19/h4-12,14H,3,13H2,1-2H3,(H,22,23)/t14-/m1/s1. The number of fused-ring (bicyclic) bond motifs is 1. The monoisotopic (exact) mass is 351 g/mol. The molecule has 0 aliphatic carbocycles. The molecule has 0 unspecified atom stereocenters. The zero-order valence-corrected chi connectivity index (χ0v) is 14.8. The highest BCUT2D eigenvalue weighted by atomic mass is 16.5. The number of hydrogen-bond donors (Lipinski definition) is 1. The van der Waals surface area contributed by atoms with Crippen molar-refractivity contribution in [2.45, 2.75) is 26.2 Å². The first-order chi connectivity index (χ1) is 12.6. The lowest BCUT2D eigenvalue weighted by molar-refractivity contribution is -0.119. The predicted octanol–water partition coefficient (Wildman–Crippen LogP) is 4.74. The number of carbonyl (C=O) groups is 2. The van der Waals surface area contributed by atoms with Crippen LogP contribution >= 0.6 is 0 Å². The molecule has 0 radical (unpaired) electrons. The molecule has 1 aromatic heterocycles. The van der Waals surface area contributed by atoms with Gasteiger partial charge in [-0.3, -0.25) is 4.79 Å². The molecule has 0 bridgehead atoms. The molecule has 0 spiro atoms. The Labute approximate surface area is 152 Å². The second-order valence-corrected chi connectivity index (χ2v) is 6.17. The van der Waals surface area contributed by atoms with Crippen molar-refractivity contribution in [3.8, 4) is 0 Å². The van der Waals surface area contributed by atoms with Crippen LogP contribution in [-0.2, 0) is 9.53 Å². The fourth-order valence-electron chi connectivity index (χ4n) is 2.73. The van der Waals surface area contributed by atoms with Gasteiger partial charge in [-0.05, 0) is 36.1 Å². The van der Waals surface area contributed by atoms with Gasteiger partial charge in [-0.25, -0.2) is 4.79 Å². The van der Waals surface area contributed by atoms with Crippen molar-refractivity contribution in [3.63, 3.8) is 0 Å². The molecule has 1 atom stereocenters. The molecule has 134 valence electrons. The van der Waals surface area contributed by atoms with Crippen LogP contribution in [0.3, 0.4) is 0 Å². The van der Waals surface area contributed by atoms with E-state index in [9.17, 15) is 9.59 Å². The number of nitrogens with one attached hydrogen (secondary N) is 1. The lowest BCUT2D eigenvalue weighted by atomic mass is 9.97. The molecule has 5 heteroatoms. The number of para-hydroxylation sites is 2. The smallest absolute Gasteiger partial charge is 0.374 e. The molecular formula is C21H21NO4. The first-order valence-electron chi connectivity index (χ1n) is 8.63. The first kappa shape index (κ1) is 17.7. The lowest BCUT2D eigenvalue weighted by Crippen LogP contribution is -2.21. The van der Waals surface area contributed by atoms with E-state index in [4.69, 9.17) is 9.15 Å². The number of esters is 1. The van der Waals surface area contributed by atoms with E-state index in [-0.39, 0.29) is 18.3 Å². The molecule has 3 rings (SSSR count). The highest BCUT2D eigenvalue weighted by molar-refractivity contribution is 5.96. The van der Waals surface area contributed by atoms with Crippen LogP contribution in [0.4, 0.5) is 5.69 Å². The van der Waals surface area contributed by atoms with Gasteiger partial charge in [0.1, 0.15) is 5.58 Å². The molecule has 5 nitrogen and oxygen atoms in total. The van der Waals surface area contributed by atoms with E-state index >= 15 is 0 Å². The van der Waals surface area contributed by atoms with E-state index < -0.39 is 5.97 Å². The van der Waals surface area contributed by atoms with Crippen LogP contribution in [0.15, 0.2) is 59.0 Å². The van der Waals surface area contributed by atoms with Gasteiger partial charge in [-0.2, -0.15) is 0 Å². The van der Waals surface area contributed by atoms with Crippen LogP contribution in [0.2, 0.25) is 0 Å². The maximum atomic E-state index is 12.2. The van der Waals surface area contributed by atoms with Gasteiger partial charge in [0.2, 0.25) is 5.76 Å². The van der Waals surface area contributed by atoms with Crippen LogP contribution in [0.5, 0.6) is 0 Å². The molecular weight excluding hydrogens is 330 g/mol. The number of benzene rings is 2. The average Bonchev–Trinajstić information content (AvgIpc) is 3.10. The SMILES string of the molecule is CC[C@@H](C)c1ccccc1NC(=O)COC(=O)c1cc2ccccc2o1. The molecule has 0 aliphatic rings. The summed E-state index contributed by atoms with van der Waals surface area (Å²) < 4.78 is 10.5. The largest absolute Gasteiger partial charge is 0.450 e. The molecule has 2 aromatic carbocycles. The van der Waals surface area contributed by atoms with E-state index in [1.54, 1.807) is 12.1 Å². The Morgan fingerprint density at radius 2 is 1.85 bits per heavy atom. The van der Waals surface area contributed by atoms with E-state index in [0.717, 1.165) is 23.1 Å². The first-order valence-corrected chi connectivity index (χ1v) is 8.63. The van der Waals surface area contributed by atoms with E-state index in [0.29, 0.717) is 11.5 Å². The molecule has 26 heavy (non-hydrogen) atoms. The van der Waals surface area contributed by atoms with Crippen molar-refractivity contribution < 1.29 is 18.7 Å². The summed E-state index contributed by atoms with van der Waals surface area (Å²) >= 11 is 0. The van der Waals surface area contributed by atoms with Crippen LogP contribution in [-0.4, -0.2) is 18.5 Å². The average molecular weight is 351 g/mol. The molecule has 0 fully saturated rings. The highest BCUT2D eigenvalue weighted by Crippen LogP contribution is 2.26. The molecule has 1 N–H and O–H groups in total. The summed E-state index contributed by atoms with van der Waals surface area (Å²) in [4.78, 5) is 24.3. The highest BCUT2D eigenvalue weighted by Gasteiger charge is 2.16. The third kappa shape index (κ3) is 3.94. The number of carbonyl (C=O) groups excluding carboxylic acids is 2. The summed E-state index contributed by atoms with van der Waals surface area (Å²) in [7, 11) is 0. The summed E-state index contributed by atoms with van der Waals surface area (Å²) in [6.45, 7) is 3.83. The van der Waals surface area contributed by atoms with Crippen molar-refractivity contribution in [2.24, 2.45) is 0 Å². The topological polar surface area (TPSA) is 68.5 Å². The Balaban J connectivity index is 1.61. The summed E-state index contributed by atoms with van der Waals surface area (Å²) in [6, 6.07) is 16.5. The third-order valence-electron chi connectivity index (χ3n) is 4.34. The minimum atomic E-state index is -0.661. The maximum Gasteiger partial charge on any atom is 0.374 e. The molecule has 0 saturated carbocycles. The Kier molecular flexibility index (Phi) is 5.37. The van der Waals surface area contributed by atoms with Gasteiger partial charge in [0.15, 0.2) is 6.61 Å². The second kappa shape index (κ2) is 7.87. The summed E-state index contributed by atoms with van der Waals surface area (Å²) in [5.41, 5.74) is 2.41. The number of hydrogen-bond acceptors (Lipinski definition) is 4. The third-order valence-corrected chi connectivity index (χ3v) is 4.34. The number of furan rings is 1. The number of rotatable bonds is 6. The van der Waals surface area contributed by atoms with E-state index in [1.165, 1.54) is 0 Å². The van der Waals surface area contributed by atoms with Gasteiger partial charge < -0.3 is 14.5 Å². The minimum absolute atomic E-state index is 0.0824. The molecule has 1 heterocycles. The van der Waals surface area contributed by atoms with Crippen LogP contribution < -0.4 is 5.32 Å². The maximum absolute atomic E-state index is 12.2.